The van der Waals surface area contributed by atoms with Gasteiger partial charge in [-0.1, -0.05) is 66.2 Å². The maximum Gasteiger partial charge on any atom is 0.0794 e. The molecule has 170 valence electrons. The molecule has 0 aliphatic heterocycles. The van der Waals surface area contributed by atoms with Gasteiger partial charge in [0, 0.05) is 28.2 Å². The van der Waals surface area contributed by atoms with Crippen molar-refractivity contribution in [2.75, 3.05) is 41.3 Å². The van der Waals surface area contributed by atoms with E-state index >= 15 is 0 Å². The Morgan fingerprint density at radius 2 is 0.967 bits per heavy atom. The molecule has 30 heavy (non-hydrogen) atoms. The lowest BCUT2D eigenvalue weighted by Gasteiger charge is -2.66. The molecular weight excluding hydrogens is 362 g/mol. The van der Waals surface area contributed by atoms with Crippen molar-refractivity contribution in [3.63, 3.8) is 0 Å². The summed E-state index contributed by atoms with van der Waals surface area (Å²) in [5, 5.41) is 0. The van der Waals surface area contributed by atoms with Crippen LogP contribution in [0, 0.1) is 46.3 Å². The fraction of sp³-hybridized carbons (Fsp3) is 1.00. The molecule has 0 unspecified atom stereocenters. The summed E-state index contributed by atoms with van der Waals surface area (Å²) >= 11 is 0. The molecule has 6 aliphatic rings. The van der Waals surface area contributed by atoms with Crippen LogP contribution in [-0.2, 0) is 0 Å². The first-order valence-corrected chi connectivity index (χ1v) is 13.0. The lowest BCUT2D eigenvalue weighted by Crippen LogP contribution is -2.60. The summed E-state index contributed by atoms with van der Waals surface area (Å²) in [6.07, 6.45) is 5.83. The van der Waals surface area contributed by atoms with Gasteiger partial charge in [0.1, 0.15) is 0 Å². The number of fused-ring (bicyclic) bond motifs is 4. The Hall–Kier alpha value is 0.0499. The normalized spacial score (nSPS) is 44.2. The highest BCUT2D eigenvalue weighted by Crippen LogP contribution is 2.65. The first kappa shape index (κ1) is 23.2. The van der Waals surface area contributed by atoms with Crippen LogP contribution in [0.4, 0.5) is 0 Å². The van der Waals surface area contributed by atoms with Gasteiger partial charge in [0.05, 0.1) is 13.1 Å². The molecular formula is C26H50B2N2. The molecule has 4 bridgehead atoms. The first-order valence-electron chi connectivity index (χ1n) is 13.0. The molecule has 0 aromatic carbocycles. The van der Waals surface area contributed by atoms with Crippen molar-refractivity contribution < 1.29 is 8.79 Å². The van der Waals surface area contributed by atoms with Gasteiger partial charge in [0.2, 0.25) is 0 Å². The predicted molar refractivity (Wildman–Crippen MR) is 131 cm³/mol. The Bertz CT molecular complexity index is 599. The van der Waals surface area contributed by atoms with Gasteiger partial charge in [0.15, 0.2) is 0 Å². The minimum atomic E-state index is 0.598. The Balaban J connectivity index is 1.28. The second-order valence-corrected chi connectivity index (χ2v) is 14.5. The summed E-state index contributed by atoms with van der Waals surface area (Å²) < 4.78 is 2.14. The first-order chi connectivity index (χ1) is 13.6. The Kier molecular flexibility index (Phi) is 5.63. The van der Waals surface area contributed by atoms with E-state index in [-0.39, 0.29) is 0 Å². The molecule has 4 heteroatoms. The average Bonchev–Trinajstić information content (AvgIpc) is 2.62. The summed E-state index contributed by atoms with van der Waals surface area (Å²) in [5.41, 5.74) is 1.20. The highest BCUT2D eigenvalue weighted by molar-refractivity contribution is 6.29. The van der Waals surface area contributed by atoms with Gasteiger partial charge >= 0.3 is 0 Å². The minimum absolute atomic E-state index is 0.598. The van der Waals surface area contributed by atoms with Gasteiger partial charge in [-0.2, -0.15) is 11.6 Å². The molecule has 2 nitrogen and oxygen atoms in total. The molecule has 0 aromatic rings. The fourth-order valence-electron chi connectivity index (χ4n) is 8.47. The number of likely N-dealkylation sites (N-methyl/N-ethyl adjacent to an activating group) is 2. The number of hydrogen-bond donors (Lipinski definition) is 0. The molecule has 0 N–H and O–H groups in total. The summed E-state index contributed by atoms with van der Waals surface area (Å²) in [6, 6.07) is 0. The van der Waals surface area contributed by atoms with Crippen LogP contribution in [0.2, 0.25) is 11.6 Å². The second kappa shape index (κ2) is 7.28. The Morgan fingerprint density at radius 1 is 0.633 bits per heavy atom. The second-order valence-electron chi connectivity index (χ2n) is 14.5. The third-order valence-corrected chi connectivity index (χ3v) is 11.3. The van der Waals surface area contributed by atoms with Gasteiger partial charge in [-0.25, -0.2) is 0 Å². The summed E-state index contributed by atoms with van der Waals surface area (Å²) in [6.45, 7) is 17.6. The smallest absolute Gasteiger partial charge is 0.0794 e. The standard InChI is InChI=1S/C26H50B2N2/c1-17-21-13-19(25(21,3)4)15-23(17)27-29(7,8)11-12-30(9,10)28-24-16-20-14-22(18(24)2)26(20,5)6/h17-24H,11-16H2,1-10H3/t17-,18-,19+,20+,21-,22-,23-,24-/m1/s1. The van der Waals surface area contributed by atoms with Crippen LogP contribution in [0.3, 0.4) is 0 Å². The van der Waals surface area contributed by atoms with E-state index in [9.17, 15) is 0 Å². The SMILES string of the molecule is C[C@H]1[C@H]([B-][N+](C)(C)CC[N+](C)(C)[B-][C@@H]2C[C@@H]3C[C@H]([C@H]2C)C3(C)C)C[C@@H]2C[C@H]1C2(C)C. The number of nitrogens with zero attached hydrogens (tertiary/aromatic N) is 2. The monoisotopic (exact) mass is 412 g/mol. The molecule has 4 radical (unpaired) electrons. The van der Waals surface area contributed by atoms with E-state index in [1.54, 1.807) is 0 Å². The molecule has 0 saturated heterocycles. The van der Waals surface area contributed by atoms with Crippen molar-refractivity contribution >= 4 is 14.8 Å². The zero-order chi connectivity index (χ0) is 22.3. The molecule has 0 amide bonds. The van der Waals surface area contributed by atoms with Crippen LogP contribution >= 0.6 is 0 Å². The highest BCUT2D eigenvalue weighted by atomic mass is 15.3. The van der Waals surface area contributed by atoms with Gasteiger partial charge in [0.25, 0.3) is 0 Å². The van der Waals surface area contributed by atoms with E-state index < -0.39 is 0 Å². The lowest BCUT2D eigenvalue weighted by atomic mass is 9.39. The van der Waals surface area contributed by atoms with E-state index in [0.29, 0.717) is 10.8 Å². The lowest BCUT2D eigenvalue weighted by molar-refractivity contribution is -0.841. The third kappa shape index (κ3) is 3.85. The summed E-state index contributed by atoms with van der Waals surface area (Å²) in [4.78, 5) is 0. The van der Waals surface area contributed by atoms with Gasteiger partial charge in [-0.05, 0) is 62.2 Å². The van der Waals surface area contributed by atoms with Crippen LogP contribution in [0.5, 0.6) is 0 Å². The topological polar surface area (TPSA) is 0 Å². The minimum Gasteiger partial charge on any atom is -0.560 e. The predicted octanol–water partition coefficient (Wildman–Crippen LogP) is 5.36. The number of hydrogen-bond acceptors (Lipinski definition) is 0. The zero-order valence-electron chi connectivity index (χ0n) is 21.9. The van der Waals surface area contributed by atoms with Crippen molar-refractivity contribution in [3.8, 4) is 0 Å². The van der Waals surface area contributed by atoms with Crippen LogP contribution in [-0.4, -0.2) is 64.9 Å². The van der Waals surface area contributed by atoms with Crippen LogP contribution in [0.15, 0.2) is 0 Å². The summed E-state index contributed by atoms with van der Waals surface area (Å²) in [7, 11) is 15.2. The molecule has 0 heterocycles. The maximum atomic E-state index is 2.72. The van der Waals surface area contributed by atoms with Crippen molar-refractivity contribution in [3.05, 3.63) is 0 Å². The van der Waals surface area contributed by atoms with Crippen LogP contribution in [0.25, 0.3) is 0 Å². The Labute approximate surface area is 190 Å². The van der Waals surface area contributed by atoms with Crippen LogP contribution in [0.1, 0.15) is 67.2 Å². The average molecular weight is 412 g/mol. The van der Waals surface area contributed by atoms with Crippen LogP contribution < -0.4 is 0 Å². The molecule has 8 atom stereocenters. The molecule has 6 fully saturated rings. The van der Waals surface area contributed by atoms with Crippen molar-refractivity contribution in [1.82, 2.24) is 0 Å². The van der Waals surface area contributed by atoms with Crippen molar-refractivity contribution in [2.24, 2.45) is 46.3 Å². The van der Waals surface area contributed by atoms with E-state index in [1.165, 1.54) is 38.8 Å². The van der Waals surface area contributed by atoms with E-state index in [0.717, 1.165) is 55.9 Å². The van der Waals surface area contributed by atoms with Gasteiger partial charge in [-0.3, -0.25) is 0 Å². The van der Waals surface area contributed by atoms with E-state index in [2.05, 4.69) is 84.6 Å². The third-order valence-electron chi connectivity index (χ3n) is 11.3. The molecule has 0 aromatic heterocycles. The largest absolute Gasteiger partial charge is 0.560 e. The number of rotatable bonds is 7. The quantitative estimate of drug-likeness (QED) is 0.494. The number of quaternary nitrogens is 2. The summed E-state index contributed by atoms with van der Waals surface area (Å²) in [5.74, 6) is 7.15. The molecule has 6 saturated carbocycles. The van der Waals surface area contributed by atoms with E-state index in [1.807, 2.05) is 0 Å². The molecule has 0 spiro atoms. The zero-order valence-corrected chi connectivity index (χ0v) is 21.9. The van der Waals surface area contributed by atoms with Gasteiger partial charge in [-0.15, -0.1) is 0 Å². The molecule has 6 aliphatic carbocycles. The maximum absolute atomic E-state index is 2.72. The molecule has 6 rings (SSSR count). The van der Waals surface area contributed by atoms with Gasteiger partial charge < -0.3 is 8.79 Å². The van der Waals surface area contributed by atoms with Crippen molar-refractivity contribution in [2.45, 2.75) is 78.9 Å². The van der Waals surface area contributed by atoms with Crippen molar-refractivity contribution in [1.29, 1.82) is 0 Å². The Morgan fingerprint density at radius 3 is 1.23 bits per heavy atom. The highest BCUT2D eigenvalue weighted by Gasteiger charge is 2.55. The fourth-order valence-corrected chi connectivity index (χ4v) is 8.47. The van der Waals surface area contributed by atoms with E-state index in [4.69, 9.17) is 0 Å².